The summed E-state index contributed by atoms with van der Waals surface area (Å²) in [5.41, 5.74) is 8.71. The van der Waals surface area contributed by atoms with Crippen LogP contribution < -0.4 is 11.1 Å². The molecule has 3 aromatic rings. The number of amides is 1. The standard InChI is InChI=1S/C16H15FN4O/c1-9-2-3-11(17)6-10(9)7-15(22)19-12-4-5-14-13(8-12)16(18)21-20-14/h2-6,8H,7H2,1H3,(H,19,22)(H3,18,20,21). The van der Waals surface area contributed by atoms with Crippen LogP contribution in [0.3, 0.4) is 0 Å². The SMILES string of the molecule is Cc1ccc(F)cc1CC(=O)Nc1ccc2[nH]nc(N)c2c1. The van der Waals surface area contributed by atoms with Crippen molar-refractivity contribution >= 4 is 28.3 Å². The summed E-state index contributed by atoms with van der Waals surface area (Å²) >= 11 is 0. The first kappa shape index (κ1) is 14.1. The van der Waals surface area contributed by atoms with Crippen molar-refractivity contribution in [3.8, 4) is 0 Å². The first-order valence-corrected chi connectivity index (χ1v) is 6.81. The fraction of sp³-hybridized carbons (Fsp3) is 0.125. The minimum absolute atomic E-state index is 0.114. The number of nitrogen functional groups attached to an aromatic ring is 1. The van der Waals surface area contributed by atoms with E-state index in [0.29, 0.717) is 17.1 Å². The molecular weight excluding hydrogens is 283 g/mol. The largest absolute Gasteiger partial charge is 0.382 e. The molecule has 112 valence electrons. The number of rotatable bonds is 3. The zero-order chi connectivity index (χ0) is 15.7. The number of nitrogens with zero attached hydrogens (tertiary/aromatic N) is 1. The number of carbonyl (C=O) groups is 1. The maximum Gasteiger partial charge on any atom is 0.228 e. The van der Waals surface area contributed by atoms with Crippen molar-refractivity contribution in [2.75, 3.05) is 11.1 Å². The van der Waals surface area contributed by atoms with Crippen LogP contribution in [0, 0.1) is 12.7 Å². The molecule has 0 unspecified atom stereocenters. The Bertz CT molecular complexity index is 856. The molecule has 0 saturated heterocycles. The Morgan fingerprint density at radius 2 is 2.14 bits per heavy atom. The van der Waals surface area contributed by atoms with Crippen molar-refractivity contribution in [1.82, 2.24) is 10.2 Å². The molecule has 0 fully saturated rings. The molecule has 1 aromatic heterocycles. The lowest BCUT2D eigenvalue weighted by Crippen LogP contribution is -2.15. The van der Waals surface area contributed by atoms with Crippen molar-refractivity contribution in [1.29, 1.82) is 0 Å². The highest BCUT2D eigenvalue weighted by Crippen LogP contribution is 2.22. The fourth-order valence-corrected chi connectivity index (χ4v) is 2.32. The molecule has 1 amide bonds. The number of H-pyrrole nitrogens is 1. The molecule has 0 aliphatic carbocycles. The van der Waals surface area contributed by atoms with E-state index in [2.05, 4.69) is 15.5 Å². The molecule has 22 heavy (non-hydrogen) atoms. The van der Waals surface area contributed by atoms with E-state index >= 15 is 0 Å². The summed E-state index contributed by atoms with van der Waals surface area (Å²) in [6.45, 7) is 1.85. The quantitative estimate of drug-likeness (QED) is 0.695. The number of carbonyl (C=O) groups excluding carboxylic acids is 1. The number of hydrogen-bond acceptors (Lipinski definition) is 3. The smallest absolute Gasteiger partial charge is 0.228 e. The molecule has 0 aliphatic rings. The molecule has 0 spiro atoms. The number of hydrogen-bond donors (Lipinski definition) is 3. The maximum absolute atomic E-state index is 13.3. The molecule has 5 nitrogen and oxygen atoms in total. The lowest BCUT2D eigenvalue weighted by molar-refractivity contribution is -0.115. The number of fused-ring (bicyclic) bond motifs is 1. The van der Waals surface area contributed by atoms with Crippen molar-refractivity contribution in [3.63, 3.8) is 0 Å². The van der Waals surface area contributed by atoms with E-state index in [9.17, 15) is 9.18 Å². The first-order chi connectivity index (χ1) is 10.5. The Morgan fingerprint density at radius 1 is 1.32 bits per heavy atom. The molecule has 3 rings (SSSR count). The maximum atomic E-state index is 13.3. The average Bonchev–Trinajstić information content (AvgIpc) is 2.84. The van der Waals surface area contributed by atoms with Crippen molar-refractivity contribution in [2.24, 2.45) is 0 Å². The summed E-state index contributed by atoms with van der Waals surface area (Å²) in [5, 5.41) is 10.2. The summed E-state index contributed by atoms with van der Waals surface area (Å²) < 4.78 is 13.3. The Labute approximate surface area is 126 Å². The third kappa shape index (κ3) is 2.76. The van der Waals surface area contributed by atoms with Crippen LogP contribution >= 0.6 is 0 Å². The fourth-order valence-electron chi connectivity index (χ4n) is 2.32. The van der Waals surface area contributed by atoms with Gasteiger partial charge >= 0.3 is 0 Å². The topological polar surface area (TPSA) is 83.8 Å². The molecule has 0 bridgehead atoms. The van der Waals surface area contributed by atoms with Gasteiger partial charge in [-0.25, -0.2) is 4.39 Å². The van der Waals surface area contributed by atoms with Crippen LogP contribution in [0.1, 0.15) is 11.1 Å². The van der Waals surface area contributed by atoms with E-state index in [1.807, 2.05) is 6.92 Å². The Hall–Kier alpha value is -2.89. The Balaban J connectivity index is 1.77. The molecule has 2 aromatic carbocycles. The molecule has 0 saturated carbocycles. The van der Waals surface area contributed by atoms with Gasteiger partial charge in [-0.3, -0.25) is 9.89 Å². The average molecular weight is 298 g/mol. The Morgan fingerprint density at radius 3 is 2.95 bits per heavy atom. The third-order valence-electron chi connectivity index (χ3n) is 3.54. The number of nitrogens with one attached hydrogen (secondary N) is 2. The zero-order valence-electron chi connectivity index (χ0n) is 12.0. The highest BCUT2D eigenvalue weighted by atomic mass is 19.1. The lowest BCUT2D eigenvalue weighted by atomic mass is 10.1. The molecular formula is C16H15FN4O. The van der Waals surface area contributed by atoms with Crippen molar-refractivity contribution < 1.29 is 9.18 Å². The third-order valence-corrected chi connectivity index (χ3v) is 3.54. The summed E-state index contributed by atoms with van der Waals surface area (Å²) in [6, 6.07) is 9.73. The number of anilines is 2. The number of aryl methyl sites for hydroxylation is 1. The van der Waals surface area contributed by atoms with E-state index in [1.54, 1.807) is 24.3 Å². The number of halogens is 1. The van der Waals surface area contributed by atoms with Crippen LogP contribution in [0.25, 0.3) is 10.9 Å². The zero-order valence-corrected chi connectivity index (χ0v) is 12.0. The van der Waals surface area contributed by atoms with Gasteiger partial charge in [0.25, 0.3) is 0 Å². The van der Waals surface area contributed by atoms with Gasteiger partial charge in [0, 0.05) is 11.1 Å². The van der Waals surface area contributed by atoms with Gasteiger partial charge < -0.3 is 11.1 Å². The van der Waals surface area contributed by atoms with Crippen LogP contribution in [0.2, 0.25) is 0 Å². The van der Waals surface area contributed by atoms with Gasteiger partial charge in [0.1, 0.15) is 5.82 Å². The summed E-state index contributed by atoms with van der Waals surface area (Å²) in [4.78, 5) is 12.1. The molecule has 0 atom stereocenters. The van der Waals surface area contributed by atoms with Gasteiger partial charge in [-0.15, -0.1) is 0 Å². The van der Waals surface area contributed by atoms with Gasteiger partial charge in [-0.2, -0.15) is 5.10 Å². The number of benzene rings is 2. The molecule has 0 radical (unpaired) electrons. The van der Waals surface area contributed by atoms with Gasteiger partial charge in [0.2, 0.25) is 5.91 Å². The van der Waals surface area contributed by atoms with Gasteiger partial charge in [-0.1, -0.05) is 6.07 Å². The second kappa shape index (κ2) is 5.48. The van der Waals surface area contributed by atoms with Crippen LogP contribution in [-0.2, 0) is 11.2 Å². The van der Waals surface area contributed by atoms with Gasteiger partial charge in [0.15, 0.2) is 5.82 Å². The van der Waals surface area contributed by atoms with Crippen molar-refractivity contribution in [3.05, 3.63) is 53.3 Å². The van der Waals surface area contributed by atoms with Gasteiger partial charge in [-0.05, 0) is 48.4 Å². The second-order valence-electron chi connectivity index (χ2n) is 5.16. The monoisotopic (exact) mass is 298 g/mol. The van der Waals surface area contributed by atoms with Crippen LogP contribution in [0.15, 0.2) is 36.4 Å². The number of aromatic nitrogens is 2. The van der Waals surface area contributed by atoms with E-state index in [0.717, 1.165) is 16.5 Å². The van der Waals surface area contributed by atoms with E-state index < -0.39 is 0 Å². The van der Waals surface area contributed by atoms with Crippen molar-refractivity contribution in [2.45, 2.75) is 13.3 Å². The highest BCUT2D eigenvalue weighted by molar-refractivity contribution is 5.97. The number of nitrogens with two attached hydrogens (primary N) is 1. The predicted molar refractivity (Wildman–Crippen MR) is 84.0 cm³/mol. The van der Waals surface area contributed by atoms with Crippen LogP contribution in [-0.4, -0.2) is 16.1 Å². The van der Waals surface area contributed by atoms with E-state index in [1.165, 1.54) is 12.1 Å². The van der Waals surface area contributed by atoms with Gasteiger partial charge in [0.05, 0.1) is 11.9 Å². The van der Waals surface area contributed by atoms with Crippen LogP contribution in [0.4, 0.5) is 15.9 Å². The predicted octanol–water partition coefficient (Wildman–Crippen LogP) is 2.77. The molecule has 4 N–H and O–H groups in total. The molecule has 0 aliphatic heterocycles. The lowest BCUT2D eigenvalue weighted by Gasteiger charge is -2.08. The second-order valence-corrected chi connectivity index (χ2v) is 5.16. The summed E-state index contributed by atoms with van der Waals surface area (Å²) in [6.07, 6.45) is 0.114. The number of aromatic amines is 1. The first-order valence-electron chi connectivity index (χ1n) is 6.81. The molecule has 6 heteroatoms. The minimum atomic E-state index is -0.346. The normalized spacial score (nSPS) is 10.8. The highest BCUT2D eigenvalue weighted by Gasteiger charge is 2.09. The van der Waals surface area contributed by atoms with E-state index in [-0.39, 0.29) is 18.1 Å². The van der Waals surface area contributed by atoms with E-state index in [4.69, 9.17) is 5.73 Å². The summed E-state index contributed by atoms with van der Waals surface area (Å²) in [5.74, 6) is -0.178. The molecule has 1 heterocycles. The minimum Gasteiger partial charge on any atom is -0.382 e. The summed E-state index contributed by atoms with van der Waals surface area (Å²) in [7, 11) is 0. The Kier molecular flexibility index (Phi) is 3.50. The van der Waals surface area contributed by atoms with Crippen LogP contribution in [0.5, 0.6) is 0 Å².